The van der Waals surface area contributed by atoms with Crippen LogP contribution in [-0.2, 0) is 35.1 Å². The van der Waals surface area contributed by atoms with Gasteiger partial charge in [0.25, 0.3) is 0 Å². The predicted molar refractivity (Wildman–Crippen MR) is 154 cm³/mol. The number of ether oxygens (including phenoxy) is 1. The van der Waals surface area contributed by atoms with Crippen molar-refractivity contribution < 1.29 is 48.8 Å². The van der Waals surface area contributed by atoms with Crippen LogP contribution in [0.2, 0.25) is 0 Å². The van der Waals surface area contributed by atoms with Crippen molar-refractivity contribution >= 4 is 35.7 Å². The Hall–Kier alpha value is -4.40. The third-order valence-electron chi connectivity index (χ3n) is 6.16. The molecule has 0 bridgehead atoms. The molecule has 5 atom stereocenters. The molecule has 240 valence electrons. The summed E-state index contributed by atoms with van der Waals surface area (Å²) in [6.07, 6.45) is -0.463. The van der Waals surface area contributed by atoms with Crippen LogP contribution in [0, 0.1) is 5.92 Å². The van der Waals surface area contributed by atoms with Crippen LogP contribution in [0.1, 0.15) is 53.5 Å². The average molecular weight is 610 g/mol. The zero-order valence-electron chi connectivity index (χ0n) is 25.2. The molecule has 0 saturated carbocycles. The van der Waals surface area contributed by atoms with Gasteiger partial charge in [0.2, 0.25) is 23.6 Å². The molecule has 1 aromatic carbocycles. The molecule has 15 heteroatoms. The van der Waals surface area contributed by atoms with Gasteiger partial charge in [0.15, 0.2) is 0 Å². The van der Waals surface area contributed by atoms with Gasteiger partial charge in [-0.25, -0.2) is 4.79 Å². The molecule has 0 aromatic heterocycles. The summed E-state index contributed by atoms with van der Waals surface area (Å²) in [6.45, 7) is 8.29. The third kappa shape index (κ3) is 13.4. The lowest BCUT2D eigenvalue weighted by Gasteiger charge is -2.28. The van der Waals surface area contributed by atoms with Crippen molar-refractivity contribution in [3.05, 3.63) is 29.8 Å². The van der Waals surface area contributed by atoms with E-state index in [9.17, 15) is 39.0 Å². The Morgan fingerprint density at radius 3 is 1.95 bits per heavy atom. The molecule has 1 aromatic rings. The maximum absolute atomic E-state index is 13.1. The molecule has 0 aliphatic heterocycles. The number of aliphatic hydroxyl groups is 1. The van der Waals surface area contributed by atoms with Crippen LogP contribution < -0.4 is 26.6 Å². The second-order valence-corrected chi connectivity index (χ2v) is 11.0. The molecule has 1 rings (SSSR count). The van der Waals surface area contributed by atoms with E-state index in [0.29, 0.717) is 12.0 Å². The molecule has 0 radical (unpaired) electrons. The number of nitrogens with one attached hydrogen (secondary N) is 5. The minimum Gasteiger partial charge on any atom is -0.508 e. The maximum Gasteiger partial charge on any atom is 0.408 e. The minimum absolute atomic E-state index is 0.0306. The van der Waals surface area contributed by atoms with Gasteiger partial charge in [-0.15, -0.1) is 0 Å². The lowest BCUT2D eigenvalue weighted by molar-refractivity contribution is -0.141. The number of phenolic OH excluding ortho intramolecular Hbond substituents is 1. The fourth-order valence-electron chi connectivity index (χ4n) is 3.59. The topological polar surface area (TPSA) is 232 Å². The first-order valence-corrected chi connectivity index (χ1v) is 13.8. The van der Waals surface area contributed by atoms with Gasteiger partial charge in [-0.2, -0.15) is 0 Å². The van der Waals surface area contributed by atoms with Crippen molar-refractivity contribution in [2.45, 2.75) is 84.2 Å². The molecular formula is C28H43N5O10. The Bertz CT molecular complexity index is 1140. The van der Waals surface area contributed by atoms with Gasteiger partial charge in [-0.3, -0.25) is 24.0 Å². The first kappa shape index (κ1) is 36.6. The predicted octanol–water partition coefficient (Wildman–Crippen LogP) is -0.458. The molecule has 0 aliphatic rings. The van der Waals surface area contributed by atoms with E-state index >= 15 is 0 Å². The number of aromatic hydroxyl groups is 1. The quantitative estimate of drug-likeness (QED) is 0.127. The van der Waals surface area contributed by atoms with Crippen LogP contribution in [0.25, 0.3) is 0 Å². The second kappa shape index (κ2) is 16.9. The van der Waals surface area contributed by atoms with Crippen molar-refractivity contribution in [1.29, 1.82) is 0 Å². The Morgan fingerprint density at radius 2 is 1.44 bits per heavy atom. The van der Waals surface area contributed by atoms with Gasteiger partial charge < -0.3 is 46.6 Å². The summed E-state index contributed by atoms with van der Waals surface area (Å²) in [4.78, 5) is 74.6. The number of rotatable bonds is 15. The number of alkyl carbamates (subject to hydrolysis) is 1. The number of hydrogen-bond acceptors (Lipinski definition) is 9. The number of amides is 5. The van der Waals surface area contributed by atoms with E-state index in [1.165, 1.54) is 31.2 Å². The van der Waals surface area contributed by atoms with Crippen LogP contribution in [-0.4, -0.2) is 93.9 Å². The van der Waals surface area contributed by atoms with Gasteiger partial charge in [-0.05, 0) is 51.3 Å². The first-order chi connectivity index (χ1) is 20.0. The van der Waals surface area contributed by atoms with Gasteiger partial charge in [0.1, 0.15) is 35.5 Å². The summed E-state index contributed by atoms with van der Waals surface area (Å²) in [5.41, 5.74) is -0.304. The molecular weight excluding hydrogens is 566 g/mol. The number of carboxylic acid groups (broad SMARTS) is 1. The Balaban J connectivity index is 3.06. The smallest absolute Gasteiger partial charge is 0.408 e. The fourth-order valence-corrected chi connectivity index (χ4v) is 3.59. The molecule has 0 aliphatic carbocycles. The number of carbonyl (C=O) groups is 6. The van der Waals surface area contributed by atoms with E-state index < -0.39 is 78.6 Å². The minimum atomic E-state index is -1.52. The van der Waals surface area contributed by atoms with Crippen LogP contribution in [0.4, 0.5) is 4.79 Å². The SMILES string of the molecule is CC[C@H](C)[C@H](NC(=O)OC(C)(C)C)C(=O)N[C@@H](CO)C(=O)N[C@@H](Cc1ccc(O)cc1)C(=O)NCC(=O)N[C@@H](C)C(=O)O. The number of aliphatic hydroxyl groups excluding tert-OH is 1. The number of hydrogen-bond donors (Lipinski definition) is 8. The number of phenols is 1. The summed E-state index contributed by atoms with van der Waals surface area (Å²) in [5.74, 6) is -4.98. The van der Waals surface area contributed by atoms with Crippen molar-refractivity contribution in [3.8, 4) is 5.75 Å². The third-order valence-corrected chi connectivity index (χ3v) is 6.16. The van der Waals surface area contributed by atoms with Gasteiger partial charge in [-0.1, -0.05) is 32.4 Å². The molecule has 8 N–H and O–H groups in total. The summed E-state index contributed by atoms with van der Waals surface area (Å²) >= 11 is 0. The molecule has 0 unspecified atom stereocenters. The number of carboxylic acids is 1. The van der Waals surface area contributed by atoms with Crippen LogP contribution in [0.3, 0.4) is 0 Å². The highest BCUT2D eigenvalue weighted by Crippen LogP contribution is 2.13. The molecule has 0 saturated heterocycles. The molecule has 43 heavy (non-hydrogen) atoms. The van der Waals surface area contributed by atoms with Crippen molar-refractivity contribution in [2.75, 3.05) is 13.2 Å². The Labute approximate surface area is 250 Å². The number of benzene rings is 1. The zero-order chi connectivity index (χ0) is 32.9. The summed E-state index contributed by atoms with van der Waals surface area (Å²) in [6, 6.07) is 0.625. The molecule has 0 spiro atoms. The summed E-state index contributed by atoms with van der Waals surface area (Å²) < 4.78 is 5.23. The van der Waals surface area contributed by atoms with E-state index in [-0.39, 0.29) is 18.1 Å². The lowest BCUT2D eigenvalue weighted by atomic mass is 9.98. The highest BCUT2D eigenvalue weighted by atomic mass is 16.6. The van der Waals surface area contributed by atoms with Crippen LogP contribution in [0.5, 0.6) is 5.75 Å². The monoisotopic (exact) mass is 609 g/mol. The summed E-state index contributed by atoms with van der Waals surface area (Å²) in [5, 5.41) is 40.3. The highest BCUT2D eigenvalue weighted by molar-refractivity contribution is 5.95. The average Bonchev–Trinajstić information content (AvgIpc) is 2.92. The standard InChI is InChI=1S/C28H43N5O10/c1-7-15(2)22(33-27(42)43-28(4,5)6)25(39)32-20(14-34)24(38)31-19(12-17-8-10-18(35)11-9-17)23(37)29-13-21(36)30-16(3)26(40)41/h8-11,15-16,19-20,22,34-35H,7,12-14H2,1-6H3,(H,29,37)(H,30,36)(H,31,38)(H,32,39)(H,33,42)(H,40,41)/t15-,16-,19-,20-,22-/m0/s1. The molecule has 5 amide bonds. The second-order valence-electron chi connectivity index (χ2n) is 11.0. The Morgan fingerprint density at radius 1 is 0.860 bits per heavy atom. The molecule has 15 nitrogen and oxygen atoms in total. The van der Waals surface area contributed by atoms with Crippen molar-refractivity contribution in [1.82, 2.24) is 26.6 Å². The van der Waals surface area contributed by atoms with E-state index in [0.717, 1.165) is 0 Å². The van der Waals surface area contributed by atoms with Crippen LogP contribution in [0.15, 0.2) is 24.3 Å². The van der Waals surface area contributed by atoms with E-state index in [2.05, 4.69) is 26.6 Å². The largest absolute Gasteiger partial charge is 0.508 e. The van der Waals surface area contributed by atoms with Gasteiger partial charge >= 0.3 is 12.1 Å². The van der Waals surface area contributed by atoms with Gasteiger partial charge in [0.05, 0.1) is 13.2 Å². The first-order valence-electron chi connectivity index (χ1n) is 13.8. The van der Waals surface area contributed by atoms with Gasteiger partial charge in [0, 0.05) is 6.42 Å². The van der Waals surface area contributed by atoms with Crippen molar-refractivity contribution in [2.24, 2.45) is 5.92 Å². The number of aliphatic carboxylic acids is 1. The van der Waals surface area contributed by atoms with Crippen LogP contribution >= 0.6 is 0 Å². The zero-order valence-corrected chi connectivity index (χ0v) is 25.2. The Kier molecular flexibility index (Phi) is 14.4. The molecule has 0 heterocycles. The highest BCUT2D eigenvalue weighted by Gasteiger charge is 2.32. The maximum atomic E-state index is 13.1. The van der Waals surface area contributed by atoms with E-state index in [1.54, 1.807) is 34.6 Å². The van der Waals surface area contributed by atoms with Crippen molar-refractivity contribution in [3.63, 3.8) is 0 Å². The fraction of sp³-hybridized carbons (Fsp3) is 0.571. The molecule has 0 fully saturated rings. The van der Waals surface area contributed by atoms with E-state index in [4.69, 9.17) is 9.84 Å². The lowest BCUT2D eigenvalue weighted by Crippen LogP contribution is -2.59. The summed E-state index contributed by atoms with van der Waals surface area (Å²) in [7, 11) is 0. The normalized spacial score (nSPS) is 14.6. The number of carbonyl (C=O) groups excluding carboxylic acids is 5. The van der Waals surface area contributed by atoms with E-state index in [1.807, 2.05) is 0 Å².